The van der Waals surface area contributed by atoms with Crippen LogP contribution >= 0.6 is 0 Å². The molecule has 84 valence electrons. The number of aryl methyl sites for hydroxylation is 2. The lowest BCUT2D eigenvalue weighted by Gasteiger charge is -2.14. The lowest BCUT2D eigenvalue weighted by Crippen LogP contribution is -2.05. The Morgan fingerprint density at radius 2 is 1.88 bits per heavy atom. The summed E-state index contributed by atoms with van der Waals surface area (Å²) in [5.41, 5.74) is 5.29. The fourth-order valence-electron chi connectivity index (χ4n) is 2.98. The molecule has 0 unspecified atom stereocenters. The van der Waals surface area contributed by atoms with Gasteiger partial charge in [-0.25, -0.2) is 0 Å². The van der Waals surface area contributed by atoms with Crippen molar-refractivity contribution in [2.45, 2.75) is 25.7 Å². The highest BCUT2D eigenvalue weighted by Crippen LogP contribution is 2.31. The molecule has 1 aliphatic rings. The van der Waals surface area contributed by atoms with Gasteiger partial charge in [-0.1, -0.05) is 18.2 Å². The summed E-state index contributed by atoms with van der Waals surface area (Å²) in [6.45, 7) is 0. The predicted octanol–water partition coefficient (Wildman–Crippen LogP) is 3.59. The van der Waals surface area contributed by atoms with E-state index in [1.807, 2.05) is 6.20 Å². The second-order valence-electron chi connectivity index (χ2n) is 4.85. The molecular formula is C15H14N2. The molecule has 0 atom stereocenters. The molecule has 0 spiro atoms. The van der Waals surface area contributed by atoms with Gasteiger partial charge in [0.05, 0.1) is 5.52 Å². The number of pyridine rings is 1. The first-order chi connectivity index (χ1) is 8.43. The van der Waals surface area contributed by atoms with Crippen LogP contribution in [0.3, 0.4) is 0 Å². The summed E-state index contributed by atoms with van der Waals surface area (Å²) in [4.78, 5) is 8.22. The van der Waals surface area contributed by atoms with Crippen LogP contribution in [0.25, 0.3) is 21.8 Å². The Hall–Kier alpha value is -1.83. The molecule has 0 saturated carbocycles. The van der Waals surface area contributed by atoms with Crippen molar-refractivity contribution < 1.29 is 0 Å². The lowest BCUT2D eigenvalue weighted by molar-refractivity contribution is 0.672. The van der Waals surface area contributed by atoms with Crippen molar-refractivity contribution in [2.24, 2.45) is 0 Å². The van der Waals surface area contributed by atoms with E-state index >= 15 is 0 Å². The molecule has 0 radical (unpaired) electrons. The van der Waals surface area contributed by atoms with Gasteiger partial charge in [0, 0.05) is 28.2 Å². The molecule has 2 nitrogen and oxygen atoms in total. The standard InChI is InChI=1S/C15H14N2/c1-4-8-14-10(5-1)12-9-16-13-7-3-2-6-11(13)15(12)17-14/h1,4-5,8-9,17H,2-3,6-7H2. The average molecular weight is 222 g/mol. The third kappa shape index (κ3) is 1.24. The summed E-state index contributed by atoms with van der Waals surface area (Å²) in [6, 6.07) is 8.49. The summed E-state index contributed by atoms with van der Waals surface area (Å²) in [6.07, 6.45) is 6.93. The number of nitrogens with zero attached hydrogens (tertiary/aromatic N) is 1. The first-order valence-electron chi connectivity index (χ1n) is 6.30. The first-order valence-corrected chi connectivity index (χ1v) is 6.30. The van der Waals surface area contributed by atoms with Gasteiger partial charge in [-0.2, -0.15) is 0 Å². The van der Waals surface area contributed by atoms with Crippen LogP contribution in [0.15, 0.2) is 30.5 Å². The molecule has 0 fully saturated rings. The number of hydrogen-bond donors (Lipinski definition) is 1. The van der Waals surface area contributed by atoms with E-state index in [1.54, 1.807) is 0 Å². The van der Waals surface area contributed by atoms with E-state index in [2.05, 4.69) is 34.2 Å². The zero-order valence-corrected chi connectivity index (χ0v) is 9.66. The van der Waals surface area contributed by atoms with Crippen LogP contribution in [0.1, 0.15) is 24.1 Å². The molecule has 0 aliphatic heterocycles. The Morgan fingerprint density at radius 1 is 1.00 bits per heavy atom. The molecule has 1 aliphatic carbocycles. The minimum absolute atomic E-state index is 1.14. The molecule has 2 aromatic heterocycles. The van der Waals surface area contributed by atoms with Crippen molar-refractivity contribution in [1.82, 2.24) is 9.97 Å². The molecule has 1 N–H and O–H groups in total. The molecule has 0 bridgehead atoms. The average Bonchev–Trinajstić information content (AvgIpc) is 2.78. The zero-order valence-electron chi connectivity index (χ0n) is 9.66. The maximum Gasteiger partial charge on any atom is 0.0531 e. The number of benzene rings is 1. The van der Waals surface area contributed by atoms with E-state index in [0.29, 0.717) is 0 Å². The number of aromatic amines is 1. The van der Waals surface area contributed by atoms with Crippen molar-refractivity contribution in [2.75, 3.05) is 0 Å². The number of para-hydroxylation sites is 1. The van der Waals surface area contributed by atoms with Gasteiger partial charge < -0.3 is 4.98 Å². The first kappa shape index (κ1) is 9.23. The third-order valence-electron chi connectivity index (χ3n) is 3.84. The topological polar surface area (TPSA) is 28.7 Å². The van der Waals surface area contributed by atoms with Crippen molar-refractivity contribution in [3.05, 3.63) is 41.7 Å². The molecule has 0 saturated heterocycles. The van der Waals surface area contributed by atoms with Crippen molar-refractivity contribution in [3.63, 3.8) is 0 Å². The molecule has 17 heavy (non-hydrogen) atoms. The summed E-state index contributed by atoms with van der Waals surface area (Å²) in [5.74, 6) is 0. The summed E-state index contributed by atoms with van der Waals surface area (Å²) in [7, 11) is 0. The number of rotatable bonds is 0. The maximum absolute atomic E-state index is 4.65. The van der Waals surface area contributed by atoms with Crippen LogP contribution in [0.2, 0.25) is 0 Å². The van der Waals surface area contributed by atoms with Gasteiger partial charge in [-0.05, 0) is 37.3 Å². The summed E-state index contributed by atoms with van der Waals surface area (Å²) < 4.78 is 0. The molecule has 0 amide bonds. The number of hydrogen-bond acceptors (Lipinski definition) is 1. The van der Waals surface area contributed by atoms with E-state index in [1.165, 1.54) is 52.3 Å². The van der Waals surface area contributed by atoms with Crippen LogP contribution < -0.4 is 0 Å². The Labute approximate surface area is 99.7 Å². The van der Waals surface area contributed by atoms with E-state index in [4.69, 9.17) is 0 Å². The van der Waals surface area contributed by atoms with Crippen molar-refractivity contribution in [3.8, 4) is 0 Å². The van der Waals surface area contributed by atoms with E-state index in [0.717, 1.165) is 6.42 Å². The highest BCUT2D eigenvalue weighted by Gasteiger charge is 2.16. The lowest BCUT2D eigenvalue weighted by atomic mass is 9.94. The van der Waals surface area contributed by atoms with E-state index < -0.39 is 0 Å². The highest BCUT2D eigenvalue weighted by molar-refractivity contribution is 6.07. The minimum Gasteiger partial charge on any atom is -0.354 e. The van der Waals surface area contributed by atoms with Gasteiger partial charge in [0.1, 0.15) is 0 Å². The molecular weight excluding hydrogens is 208 g/mol. The minimum atomic E-state index is 1.14. The Morgan fingerprint density at radius 3 is 2.88 bits per heavy atom. The van der Waals surface area contributed by atoms with Crippen molar-refractivity contribution in [1.29, 1.82) is 0 Å². The zero-order chi connectivity index (χ0) is 11.2. The fraction of sp³-hybridized carbons (Fsp3) is 0.267. The molecule has 2 heteroatoms. The smallest absolute Gasteiger partial charge is 0.0531 e. The molecule has 3 aromatic rings. The fourth-order valence-corrected chi connectivity index (χ4v) is 2.98. The van der Waals surface area contributed by atoms with Crippen LogP contribution in [0.5, 0.6) is 0 Å². The number of nitrogens with one attached hydrogen (secondary N) is 1. The Kier molecular flexibility index (Phi) is 1.81. The quantitative estimate of drug-likeness (QED) is 0.618. The Balaban J connectivity index is 2.16. The summed E-state index contributed by atoms with van der Waals surface area (Å²) in [5, 5.41) is 2.57. The monoisotopic (exact) mass is 222 g/mol. The van der Waals surface area contributed by atoms with Gasteiger partial charge in [0.15, 0.2) is 0 Å². The van der Waals surface area contributed by atoms with Gasteiger partial charge in [-0.15, -0.1) is 0 Å². The predicted molar refractivity (Wildman–Crippen MR) is 70.2 cm³/mol. The van der Waals surface area contributed by atoms with Crippen molar-refractivity contribution >= 4 is 21.8 Å². The SMILES string of the molecule is c1ccc2c(c1)[nH]c1c3c(ncc12)CCCC3. The van der Waals surface area contributed by atoms with Gasteiger partial charge in [0.25, 0.3) is 0 Å². The van der Waals surface area contributed by atoms with Gasteiger partial charge in [-0.3, -0.25) is 4.98 Å². The number of aromatic nitrogens is 2. The van der Waals surface area contributed by atoms with E-state index in [9.17, 15) is 0 Å². The van der Waals surface area contributed by atoms with Crippen LogP contribution in [-0.4, -0.2) is 9.97 Å². The number of fused-ring (bicyclic) bond motifs is 5. The Bertz CT molecular complexity index is 709. The molecule has 1 aromatic carbocycles. The van der Waals surface area contributed by atoms with Crippen LogP contribution in [0, 0.1) is 0 Å². The van der Waals surface area contributed by atoms with Gasteiger partial charge in [0.2, 0.25) is 0 Å². The van der Waals surface area contributed by atoms with Crippen LogP contribution in [-0.2, 0) is 12.8 Å². The largest absolute Gasteiger partial charge is 0.354 e. The van der Waals surface area contributed by atoms with Gasteiger partial charge >= 0.3 is 0 Å². The maximum atomic E-state index is 4.65. The highest BCUT2D eigenvalue weighted by atomic mass is 14.8. The molecule has 4 rings (SSSR count). The normalized spacial score (nSPS) is 15.3. The van der Waals surface area contributed by atoms with E-state index in [-0.39, 0.29) is 0 Å². The second kappa shape index (κ2) is 3.33. The number of H-pyrrole nitrogens is 1. The summed E-state index contributed by atoms with van der Waals surface area (Å²) >= 11 is 0. The second-order valence-corrected chi connectivity index (χ2v) is 4.85. The van der Waals surface area contributed by atoms with Crippen LogP contribution in [0.4, 0.5) is 0 Å². The molecule has 2 heterocycles. The third-order valence-corrected chi connectivity index (χ3v) is 3.84.